The Morgan fingerprint density at radius 2 is 2.33 bits per heavy atom. The van der Waals surface area contributed by atoms with Crippen LogP contribution in [0.2, 0.25) is 0 Å². The van der Waals surface area contributed by atoms with Gasteiger partial charge in [0.05, 0.1) is 10.6 Å². The van der Waals surface area contributed by atoms with E-state index >= 15 is 0 Å². The summed E-state index contributed by atoms with van der Waals surface area (Å²) in [5.74, 6) is 0.292. The van der Waals surface area contributed by atoms with Crippen LogP contribution in [0.5, 0.6) is 0 Å². The average molecular weight is 200 g/mol. The van der Waals surface area contributed by atoms with Gasteiger partial charge in [-0.2, -0.15) is 0 Å². The fourth-order valence-electron chi connectivity index (χ4n) is 0.676. The number of ketones is 1. The molecule has 0 amide bonds. The van der Waals surface area contributed by atoms with Crippen molar-refractivity contribution in [3.05, 3.63) is 22.4 Å². The predicted octanol–water partition coefficient (Wildman–Crippen LogP) is 2.21. The number of hydrogen-bond acceptors (Lipinski definition) is 4. The quantitative estimate of drug-likeness (QED) is 0.701. The van der Waals surface area contributed by atoms with Gasteiger partial charge in [-0.3, -0.25) is 9.59 Å². The lowest BCUT2D eigenvalue weighted by Gasteiger charge is -1.93. The molecule has 0 atom stereocenters. The molecular formula is C8H8O2S2. The van der Waals surface area contributed by atoms with Gasteiger partial charge in [-0.15, -0.1) is 11.3 Å². The highest BCUT2D eigenvalue weighted by atomic mass is 32.2. The van der Waals surface area contributed by atoms with Gasteiger partial charge in [0.25, 0.3) is 0 Å². The maximum Gasteiger partial charge on any atom is 0.186 e. The van der Waals surface area contributed by atoms with Gasteiger partial charge >= 0.3 is 0 Å². The minimum atomic E-state index is -0.0140. The van der Waals surface area contributed by atoms with Crippen LogP contribution in [0.4, 0.5) is 0 Å². The van der Waals surface area contributed by atoms with Gasteiger partial charge in [-0.25, -0.2) is 0 Å². The van der Waals surface area contributed by atoms with Gasteiger partial charge in [0.15, 0.2) is 10.9 Å². The highest BCUT2D eigenvalue weighted by Crippen LogP contribution is 2.12. The first kappa shape index (κ1) is 9.48. The Morgan fingerprint density at radius 1 is 1.58 bits per heavy atom. The second-order valence-electron chi connectivity index (χ2n) is 2.18. The van der Waals surface area contributed by atoms with E-state index < -0.39 is 0 Å². The molecule has 12 heavy (non-hydrogen) atoms. The molecule has 1 heterocycles. The Morgan fingerprint density at radius 3 is 2.83 bits per heavy atom. The Bertz CT molecular complexity index is 277. The molecule has 0 fully saturated rings. The summed E-state index contributed by atoms with van der Waals surface area (Å²) in [6.45, 7) is 1.46. The lowest BCUT2D eigenvalue weighted by atomic mass is 10.4. The molecule has 0 unspecified atom stereocenters. The summed E-state index contributed by atoms with van der Waals surface area (Å²) in [5.41, 5.74) is 0. The van der Waals surface area contributed by atoms with Crippen LogP contribution in [-0.2, 0) is 4.79 Å². The maximum absolute atomic E-state index is 11.2. The molecule has 64 valence electrons. The van der Waals surface area contributed by atoms with Crippen LogP contribution in [0.15, 0.2) is 17.5 Å². The molecule has 0 saturated carbocycles. The van der Waals surface area contributed by atoms with E-state index in [4.69, 9.17) is 0 Å². The smallest absolute Gasteiger partial charge is 0.186 e. The molecule has 0 radical (unpaired) electrons. The fraction of sp³-hybridized carbons (Fsp3) is 0.250. The summed E-state index contributed by atoms with van der Waals surface area (Å²) < 4.78 is 0. The van der Waals surface area contributed by atoms with Gasteiger partial charge in [0, 0.05) is 6.92 Å². The first-order valence-corrected chi connectivity index (χ1v) is 5.27. The number of carbonyl (C=O) groups excluding carboxylic acids is 2. The topological polar surface area (TPSA) is 34.1 Å². The monoisotopic (exact) mass is 200 g/mol. The van der Waals surface area contributed by atoms with Crippen LogP contribution in [0.1, 0.15) is 16.6 Å². The van der Waals surface area contributed by atoms with E-state index in [2.05, 4.69) is 0 Å². The van der Waals surface area contributed by atoms with Crippen molar-refractivity contribution in [3.63, 3.8) is 0 Å². The van der Waals surface area contributed by atoms with Gasteiger partial charge in [-0.05, 0) is 11.4 Å². The highest BCUT2D eigenvalue weighted by molar-refractivity contribution is 8.14. The van der Waals surface area contributed by atoms with Crippen LogP contribution in [-0.4, -0.2) is 16.7 Å². The molecule has 1 aromatic heterocycles. The Balaban J connectivity index is 2.45. The number of thioether (sulfide) groups is 1. The number of carbonyl (C=O) groups is 2. The van der Waals surface area contributed by atoms with Crippen molar-refractivity contribution >= 4 is 34.0 Å². The predicted molar refractivity (Wildman–Crippen MR) is 51.8 cm³/mol. The first-order valence-electron chi connectivity index (χ1n) is 3.40. The molecule has 2 nitrogen and oxygen atoms in total. The standard InChI is InChI=1S/C8H8O2S2/c1-6(9)12-5-7(10)8-3-2-4-11-8/h2-4H,5H2,1H3. The van der Waals surface area contributed by atoms with Crippen molar-refractivity contribution in [1.29, 1.82) is 0 Å². The van der Waals surface area contributed by atoms with Crippen LogP contribution >= 0.6 is 23.1 Å². The van der Waals surface area contributed by atoms with Crippen molar-refractivity contribution in [2.45, 2.75) is 6.92 Å². The van der Waals surface area contributed by atoms with Crippen molar-refractivity contribution in [3.8, 4) is 0 Å². The zero-order valence-electron chi connectivity index (χ0n) is 6.57. The summed E-state index contributed by atoms with van der Waals surface area (Å²) in [4.78, 5) is 22.5. The number of thiophene rings is 1. The second kappa shape index (κ2) is 4.42. The van der Waals surface area contributed by atoms with Crippen LogP contribution < -0.4 is 0 Å². The SMILES string of the molecule is CC(=O)SCC(=O)c1cccs1. The summed E-state index contributed by atoms with van der Waals surface area (Å²) in [6.07, 6.45) is 0. The molecule has 0 aliphatic heterocycles. The molecule has 0 aliphatic carbocycles. The molecule has 0 aliphatic rings. The minimum Gasteiger partial charge on any atom is -0.292 e. The van der Waals surface area contributed by atoms with Crippen molar-refractivity contribution in [2.24, 2.45) is 0 Å². The van der Waals surface area contributed by atoms with Gasteiger partial charge < -0.3 is 0 Å². The lowest BCUT2D eigenvalue weighted by Crippen LogP contribution is -2.01. The van der Waals surface area contributed by atoms with Crippen LogP contribution in [0.3, 0.4) is 0 Å². The van der Waals surface area contributed by atoms with E-state index in [-0.39, 0.29) is 16.7 Å². The van der Waals surface area contributed by atoms with Gasteiger partial charge in [0.1, 0.15) is 0 Å². The molecular weight excluding hydrogens is 192 g/mol. The number of hydrogen-bond donors (Lipinski definition) is 0. The minimum absolute atomic E-state index is 0.0140. The molecule has 0 aromatic carbocycles. The van der Waals surface area contributed by atoms with E-state index in [0.717, 1.165) is 16.6 Å². The summed E-state index contributed by atoms with van der Waals surface area (Å²) in [6, 6.07) is 3.60. The van der Waals surface area contributed by atoms with Crippen molar-refractivity contribution < 1.29 is 9.59 Å². The molecule has 1 rings (SSSR count). The molecule has 0 spiro atoms. The van der Waals surface area contributed by atoms with E-state index in [1.807, 2.05) is 11.4 Å². The molecule has 0 bridgehead atoms. The summed E-state index contributed by atoms with van der Waals surface area (Å²) in [7, 11) is 0. The third-order valence-corrected chi connectivity index (χ3v) is 2.93. The molecule has 0 N–H and O–H groups in total. The van der Waals surface area contributed by atoms with E-state index in [0.29, 0.717) is 0 Å². The summed E-state index contributed by atoms with van der Waals surface area (Å²) >= 11 is 2.46. The molecule has 1 aromatic rings. The number of Topliss-reactive ketones (excluding diaryl/α,β-unsaturated/α-hetero) is 1. The summed E-state index contributed by atoms with van der Waals surface area (Å²) in [5, 5.41) is 1.84. The Hall–Kier alpha value is -0.610. The van der Waals surface area contributed by atoms with Crippen molar-refractivity contribution in [1.82, 2.24) is 0 Å². The Kier molecular flexibility index (Phi) is 3.49. The van der Waals surface area contributed by atoms with E-state index in [1.54, 1.807) is 6.07 Å². The molecule has 0 saturated heterocycles. The lowest BCUT2D eigenvalue weighted by molar-refractivity contribution is -0.109. The van der Waals surface area contributed by atoms with Crippen LogP contribution in [0.25, 0.3) is 0 Å². The molecule has 4 heteroatoms. The van der Waals surface area contributed by atoms with Gasteiger partial charge in [-0.1, -0.05) is 17.8 Å². The zero-order valence-corrected chi connectivity index (χ0v) is 8.21. The maximum atomic E-state index is 11.2. The van der Waals surface area contributed by atoms with Crippen LogP contribution in [0, 0.1) is 0 Å². The van der Waals surface area contributed by atoms with Gasteiger partial charge in [0.2, 0.25) is 0 Å². The fourth-order valence-corrected chi connectivity index (χ4v) is 1.92. The normalized spacial score (nSPS) is 9.75. The first-order chi connectivity index (χ1) is 5.70. The largest absolute Gasteiger partial charge is 0.292 e. The second-order valence-corrected chi connectivity index (χ2v) is 4.28. The van der Waals surface area contributed by atoms with E-state index in [9.17, 15) is 9.59 Å². The zero-order chi connectivity index (χ0) is 8.97. The van der Waals surface area contributed by atoms with Crippen molar-refractivity contribution in [2.75, 3.05) is 5.75 Å². The van der Waals surface area contributed by atoms with E-state index in [1.165, 1.54) is 18.3 Å². The Labute approximate surface area is 79.0 Å². The third-order valence-electron chi connectivity index (χ3n) is 1.20. The third kappa shape index (κ3) is 2.79. The number of rotatable bonds is 3. The average Bonchev–Trinajstić information content (AvgIpc) is 2.51. The highest BCUT2D eigenvalue weighted by Gasteiger charge is 2.07.